The number of aromatic nitrogens is 2. The number of hydrogen-bond donors (Lipinski definition) is 2. The van der Waals surface area contributed by atoms with E-state index in [2.05, 4.69) is 25.9 Å². The molecule has 0 spiro atoms. The number of halogens is 3. The molecule has 1 aromatic carbocycles. The molecule has 1 aliphatic heterocycles. The Labute approximate surface area is 123 Å². The van der Waals surface area contributed by atoms with Crippen LogP contribution in [0.4, 0.5) is 8.78 Å². The van der Waals surface area contributed by atoms with Gasteiger partial charge in [-0.25, -0.2) is 13.8 Å². The fraction of sp³-hybridized carbons (Fsp3) is 0.417. The highest BCUT2D eigenvalue weighted by Gasteiger charge is 2.48. The number of benzene rings is 1. The van der Waals surface area contributed by atoms with E-state index in [1.54, 1.807) is 0 Å². The van der Waals surface area contributed by atoms with Crippen molar-refractivity contribution in [3.63, 3.8) is 0 Å². The highest BCUT2D eigenvalue weighted by molar-refractivity contribution is 9.10. The Balaban J connectivity index is 2.00. The molecule has 106 valence electrons. The number of imidazole rings is 1. The molecule has 1 aliphatic rings. The number of alkyl halides is 2. The largest absolute Gasteiger partial charge is 0.437 e. The molecule has 0 unspecified atom stereocenters. The molecule has 1 saturated heterocycles. The van der Waals surface area contributed by atoms with Crippen molar-refractivity contribution in [1.82, 2.24) is 14.8 Å². The van der Waals surface area contributed by atoms with Gasteiger partial charge in [0.05, 0.1) is 23.6 Å². The van der Waals surface area contributed by atoms with Crippen LogP contribution >= 0.6 is 15.9 Å². The summed E-state index contributed by atoms with van der Waals surface area (Å²) >= 11 is 3.36. The molecule has 3 rings (SSSR count). The zero-order valence-electron chi connectivity index (χ0n) is 10.8. The summed E-state index contributed by atoms with van der Waals surface area (Å²) in [5, 5.41) is 9.68. The molecule has 0 radical (unpaired) electrons. The summed E-state index contributed by atoms with van der Waals surface area (Å²) in [6.07, 6.45) is -0.334. The topological polar surface area (TPSA) is 52.1 Å². The van der Waals surface area contributed by atoms with E-state index in [0.29, 0.717) is 5.82 Å². The number of rotatable bonds is 2. The van der Waals surface area contributed by atoms with Crippen LogP contribution in [0.1, 0.15) is 18.3 Å². The first-order valence-corrected chi connectivity index (χ1v) is 7.12. The summed E-state index contributed by atoms with van der Waals surface area (Å²) in [5.74, 6) is -2.34. The van der Waals surface area contributed by atoms with Crippen molar-refractivity contribution in [3.8, 4) is 0 Å². The van der Waals surface area contributed by atoms with E-state index in [4.69, 9.17) is 0 Å². The average molecular weight is 344 g/mol. The SMILES string of the molecule is CB(O)N1CC(F)(F)C[C@H]1c1nc2ccc(Br)cc2[nH]1. The second-order valence-corrected chi connectivity index (χ2v) is 6.08. The van der Waals surface area contributed by atoms with Gasteiger partial charge in [-0.3, -0.25) is 0 Å². The van der Waals surface area contributed by atoms with E-state index in [9.17, 15) is 13.8 Å². The van der Waals surface area contributed by atoms with Gasteiger partial charge in [-0.2, -0.15) is 0 Å². The van der Waals surface area contributed by atoms with Gasteiger partial charge in [0.1, 0.15) is 5.82 Å². The maximum absolute atomic E-state index is 13.6. The summed E-state index contributed by atoms with van der Waals surface area (Å²) in [7, 11) is -0.937. The minimum atomic E-state index is -2.80. The summed E-state index contributed by atoms with van der Waals surface area (Å²) in [6, 6.07) is 4.92. The molecule has 1 fully saturated rings. The summed E-state index contributed by atoms with van der Waals surface area (Å²) in [4.78, 5) is 8.81. The van der Waals surface area contributed by atoms with Crippen LogP contribution < -0.4 is 0 Å². The average Bonchev–Trinajstić information content (AvgIpc) is 2.88. The third kappa shape index (κ3) is 2.47. The van der Waals surface area contributed by atoms with Crippen LogP contribution in [0.2, 0.25) is 6.82 Å². The van der Waals surface area contributed by atoms with Crippen LogP contribution in [-0.2, 0) is 0 Å². The van der Waals surface area contributed by atoms with Gasteiger partial charge in [-0.15, -0.1) is 0 Å². The number of hydrogen-bond acceptors (Lipinski definition) is 3. The van der Waals surface area contributed by atoms with Gasteiger partial charge in [0.2, 0.25) is 0 Å². The lowest BCUT2D eigenvalue weighted by atomic mass is 9.84. The summed E-state index contributed by atoms with van der Waals surface area (Å²) < 4.78 is 28.1. The third-order valence-electron chi connectivity index (χ3n) is 3.56. The van der Waals surface area contributed by atoms with Crippen molar-refractivity contribution < 1.29 is 13.8 Å². The summed E-state index contributed by atoms with van der Waals surface area (Å²) in [5.41, 5.74) is 1.51. The molecule has 0 saturated carbocycles. The van der Waals surface area contributed by atoms with Crippen molar-refractivity contribution >= 4 is 34.0 Å². The van der Waals surface area contributed by atoms with Crippen LogP contribution in [-0.4, -0.2) is 39.3 Å². The van der Waals surface area contributed by atoms with Gasteiger partial charge in [-0.1, -0.05) is 15.9 Å². The first kappa shape index (κ1) is 14.0. The fourth-order valence-corrected chi connectivity index (χ4v) is 3.01. The van der Waals surface area contributed by atoms with Gasteiger partial charge in [0, 0.05) is 10.9 Å². The Bertz CT molecular complexity index is 649. The van der Waals surface area contributed by atoms with Crippen LogP contribution in [0.3, 0.4) is 0 Å². The van der Waals surface area contributed by atoms with Gasteiger partial charge in [0.25, 0.3) is 5.92 Å². The predicted octanol–water partition coefficient (Wildman–Crippen LogP) is 2.82. The molecule has 20 heavy (non-hydrogen) atoms. The molecular formula is C12H13BBrF2N3O. The number of fused-ring (bicyclic) bond motifs is 1. The molecule has 8 heteroatoms. The molecule has 2 heterocycles. The van der Waals surface area contributed by atoms with E-state index in [1.165, 1.54) is 11.6 Å². The van der Waals surface area contributed by atoms with Crippen molar-refractivity contribution in [2.75, 3.05) is 6.54 Å². The van der Waals surface area contributed by atoms with E-state index >= 15 is 0 Å². The highest BCUT2D eigenvalue weighted by atomic mass is 79.9. The van der Waals surface area contributed by atoms with Crippen LogP contribution in [0.5, 0.6) is 0 Å². The van der Waals surface area contributed by atoms with E-state index in [1.807, 2.05) is 18.2 Å². The smallest absolute Gasteiger partial charge is 0.377 e. The minimum absolute atomic E-state index is 0.334. The second kappa shape index (κ2) is 4.78. The van der Waals surface area contributed by atoms with Gasteiger partial charge in [0.15, 0.2) is 0 Å². The van der Waals surface area contributed by atoms with Crippen LogP contribution in [0.15, 0.2) is 22.7 Å². The van der Waals surface area contributed by atoms with Gasteiger partial charge in [-0.05, 0) is 25.0 Å². The lowest BCUT2D eigenvalue weighted by Gasteiger charge is -2.22. The molecular weight excluding hydrogens is 331 g/mol. The Kier molecular flexibility index (Phi) is 3.34. The quantitative estimate of drug-likeness (QED) is 0.824. The standard InChI is InChI=1S/C12H13BBrF2N3O/c1-13(20)19-6-12(15,16)5-10(19)11-17-8-3-2-7(14)4-9(8)18-11/h2-4,10,20H,5-6H2,1H3,(H,17,18)/t10-/m0/s1. The normalized spacial score (nSPS) is 22.6. The lowest BCUT2D eigenvalue weighted by Crippen LogP contribution is -2.38. The molecule has 4 nitrogen and oxygen atoms in total. The zero-order chi connectivity index (χ0) is 14.5. The Morgan fingerprint density at radius 1 is 1.55 bits per heavy atom. The lowest BCUT2D eigenvalue weighted by molar-refractivity contribution is 0.0161. The van der Waals surface area contributed by atoms with Gasteiger partial charge >= 0.3 is 7.05 Å². The number of H-pyrrole nitrogens is 1. The second-order valence-electron chi connectivity index (χ2n) is 5.16. The predicted molar refractivity (Wildman–Crippen MR) is 76.6 cm³/mol. The minimum Gasteiger partial charge on any atom is -0.437 e. The fourth-order valence-electron chi connectivity index (χ4n) is 2.65. The molecule has 0 bridgehead atoms. The number of aromatic amines is 1. The Hall–Kier alpha value is -0.985. The van der Waals surface area contributed by atoms with Crippen molar-refractivity contribution in [2.24, 2.45) is 0 Å². The Morgan fingerprint density at radius 2 is 2.30 bits per heavy atom. The maximum atomic E-state index is 13.6. The third-order valence-corrected chi connectivity index (χ3v) is 4.06. The first-order chi connectivity index (χ1) is 9.35. The number of nitrogens with one attached hydrogen (secondary N) is 1. The molecule has 0 aliphatic carbocycles. The molecule has 0 amide bonds. The van der Waals surface area contributed by atoms with Crippen LogP contribution in [0.25, 0.3) is 11.0 Å². The highest BCUT2D eigenvalue weighted by Crippen LogP contribution is 2.40. The molecule has 2 N–H and O–H groups in total. The van der Waals surface area contributed by atoms with Gasteiger partial charge < -0.3 is 14.8 Å². The monoisotopic (exact) mass is 343 g/mol. The van der Waals surface area contributed by atoms with Crippen molar-refractivity contribution in [2.45, 2.75) is 25.2 Å². The Morgan fingerprint density at radius 3 is 3.00 bits per heavy atom. The zero-order valence-corrected chi connectivity index (χ0v) is 12.4. The van der Waals surface area contributed by atoms with E-state index in [-0.39, 0.29) is 6.42 Å². The molecule has 2 aromatic rings. The molecule has 1 atom stereocenters. The van der Waals surface area contributed by atoms with Crippen molar-refractivity contribution in [1.29, 1.82) is 0 Å². The summed E-state index contributed by atoms with van der Waals surface area (Å²) in [6.45, 7) is 1.05. The van der Waals surface area contributed by atoms with Crippen molar-refractivity contribution in [3.05, 3.63) is 28.5 Å². The first-order valence-electron chi connectivity index (χ1n) is 6.32. The maximum Gasteiger partial charge on any atom is 0.377 e. The van der Waals surface area contributed by atoms with E-state index in [0.717, 1.165) is 15.5 Å². The van der Waals surface area contributed by atoms with Crippen LogP contribution in [0, 0.1) is 0 Å². The number of nitrogens with zero attached hydrogens (tertiary/aromatic N) is 2. The van der Waals surface area contributed by atoms with E-state index < -0.39 is 25.6 Å². The molecule has 1 aromatic heterocycles.